The number of hydrogen-bond donors (Lipinski definition) is 0. The molecule has 25 heavy (non-hydrogen) atoms. The molecule has 1 aliphatic rings. The third-order valence-electron chi connectivity index (χ3n) is 3.90. The van der Waals surface area contributed by atoms with Crippen molar-refractivity contribution in [3.8, 4) is 0 Å². The van der Waals surface area contributed by atoms with Gasteiger partial charge < -0.3 is 4.42 Å². The van der Waals surface area contributed by atoms with Crippen molar-refractivity contribution in [3.63, 3.8) is 0 Å². The second kappa shape index (κ2) is 6.29. The van der Waals surface area contributed by atoms with E-state index in [1.807, 2.05) is 0 Å². The molecule has 1 saturated carbocycles. The molecule has 4 nitrogen and oxygen atoms in total. The zero-order chi connectivity index (χ0) is 18.4. The summed E-state index contributed by atoms with van der Waals surface area (Å²) in [5, 5.41) is -0.159. The molecule has 0 aliphatic heterocycles. The Kier molecular flexibility index (Phi) is 4.45. The Morgan fingerprint density at radius 2 is 2.04 bits per heavy atom. The summed E-state index contributed by atoms with van der Waals surface area (Å²) in [6.45, 7) is 3.43. The van der Waals surface area contributed by atoms with Crippen LogP contribution in [0.2, 0.25) is 5.02 Å². The van der Waals surface area contributed by atoms with Gasteiger partial charge in [0.25, 0.3) is 0 Å². The second-order valence-corrected chi connectivity index (χ2v) is 6.40. The molecule has 0 spiro atoms. The van der Waals surface area contributed by atoms with E-state index in [1.165, 1.54) is 10.8 Å². The Balaban J connectivity index is 1.99. The second-order valence-electron chi connectivity index (χ2n) is 5.99. The number of rotatable bonds is 3. The minimum atomic E-state index is -4.52. The molecule has 3 rings (SSSR count). The monoisotopic (exact) mass is 371 g/mol. The number of furan rings is 1. The van der Waals surface area contributed by atoms with Gasteiger partial charge in [-0.05, 0) is 26.0 Å². The highest BCUT2D eigenvalue weighted by atomic mass is 35.5. The van der Waals surface area contributed by atoms with E-state index in [9.17, 15) is 18.0 Å². The number of aromatic nitrogens is 1. The molecule has 8 heteroatoms. The minimum Gasteiger partial charge on any atom is -0.466 e. The number of halogens is 4. The first kappa shape index (κ1) is 17.7. The minimum absolute atomic E-state index is 0.0118. The van der Waals surface area contributed by atoms with Crippen LogP contribution in [0.25, 0.3) is 0 Å². The summed E-state index contributed by atoms with van der Waals surface area (Å²) in [7, 11) is 0. The van der Waals surface area contributed by atoms with E-state index < -0.39 is 11.7 Å². The van der Waals surface area contributed by atoms with Gasteiger partial charge in [0.2, 0.25) is 0 Å². The van der Waals surface area contributed by atoms with Crippen LogP contribution in [0.4, 0.5) is 13.2 Å². The highest BCUT2D eigenvalue weighted by molar-refractivity contribution is 6.32. The highest BCUT2D eigenvalue weighted by Gasteiger charge is 2.40. The van der Waals surface area contributed by atoms with Crippen molar-refractivity contribution in [2.75, 3.05) is 0 Å². The third kappa shape index (κ3) is 3.76. The summed E-state index contributed by atoms with van der Waals surface area (Å²) < 4.78 is 45.0. The quantitative estimate of drug-likeness (QED) is 0.593. The van der Waals surface area contributed by atoms with Gasteiger partial charge >= 0.3 is 12.1 Å². The van der Waals surface area contributed by atoms with E-state index in [2.05, 4.69) is 4.98 Å². The van der Waals surface area contributed by atoms with Crippen molar-refractivity contribution < 1.29 is 27.0 Å². The van der Waals surface area contributed by atoms with E-state index in [1.54, 1.807) is 19.9 Å². The number of amides is 1. The van der Waals surface area contributed by atoms with E-state index in [4.69, 9.17) is 16.0 Å². The lowest BCUT2D eigenvalue weighted by molar-refractivity contribution is -0.438. The maximum absolute atomic E-state index is 12.8. The fourth-order valence-electron chi connectivity index (χ4n) is 2.50. The number of hydrogen-bond acceptors (Lipinski definition) is 3. The van der Waals surface area contributed by atoms with Crippen LogP contribution in [-0.2, 0) is 6.18 Å². The first-order chi connectivity index (χ1) is 11.7. The molecular weight excluding hydrogens is 357 g/mol. The zero-order valence-corrected chi connectivity index (χ0v) is 14.3. The van der Waals surface area contributed by atoms with Crippen LogP contribution >= 0.6 is 11.6 Å². The summed E-state index contributed by atoms with van der Waals surface area (Å²) >= 11 is 5.94. The Morgan fingerprint density at radius 3 is 2.52 bits per heavy atom. The van der Waals surface area contributed by atoms with Crippen LogP contribution < -0.4 is 0 Å². The van der Waals surface area contributed by atoms with Crippen LogP contribution in [0.5, 0.6) is 0 Å². The molecule has 1 aliphatic carbocycles. The number of pyridine rings is 1. The Bertz CT molecular complexity index is 867. The topological polar surface area (TPSA) is 46.1 Å². The molecule has 1 fully saturated rings. The predicted molar refractivity (Wildman–Crippen MR) is 85.2 cm³/mol. The maximum Gasteiger partial charge on any atom is 0.423 e. The standard InChI is InChI=1S/C17H15ClF3N2O2/c1-9-5-13(10(2)25-9)16(24)23(12-3-4-12)8-15-14(18)6-11(7-22-15)17(19,20)21/h5-8,12H,3-4H2,1-2H3/q+1. The van der Waals surface area contributed by atoms with E-state index in [0.29, 0.717) is 23.3 Å². The smallest absolute Gasteiger partial charge is 0.423 e. The zero-order valence-electron chi connectivity index (χ0n) is 13.5. The average molecular weight is 372 g/mol. The van der Waals surface area contributed by atoms with Crippen molar-refractivity contribution >= 4 is 23.7 Å². The first-order valence-corrected chi connectivity index (χ1v) is 8.02. The molecule has 1 amide bonds. The van der Waals surface area contributed by atoms with Gasteiger partial charge in [-0.1, -0.05) is 11.6 Å². The molecule has 2 aromatic rings. The Labute approximate surface area is 146 Å². The number of alkyl halides is 3. The van der Waals surface area contributed by atoms with Crippen LogP contribution in [-0.4, -0.2) is 27.7 Å². The van der Waals surface area contributed by atoms with Gasteiger partial charge in [0, 0.05) is 19.0 Å². The molecule has 0 bridgehead atoms. The maximum atomic E-state index is 12.8. The van der Waals surface area contributed by atoms with Crippen LogP contribution in [0.1, 0.15) is 46.0 Å². The fourth-order valence-corrected chi connectivity index (χ4v) is 2.71. The van der Waals surface area contributed by atoms with Crippen LogP contribution in [0.15, 0.2) is 22.7 Å². The molecule has 0 radical (unpaired) electrons. The van der Waals surface area contributed by atoms with Gasteiger partial charge in [-0.3, -0.25) is 0 Å². The van der Waals surface area contributed by atoms with E-state index in [-0.39, 0.29) is 22.7 Å². The van der Waals surface area contributed by atoms with Crippen LogP contribution in [0, 0.1) is 13.8 Å². The predicted octanol–water partition coefficient (Wildman–Crippen LogP) is 4.40. The largest absolute Gasteiger partial charge is 0.466 e. The van der Waals surface area contributed by atoms with Crippen molar-refractivity contribution in [3.05, 3.63) is 51.7 Å². The SMILES string of the molecule is Cc1cc(C(=O)[N+](=Cc2ncc(C(F)(F)F)cc2Cl)C2CC2)c(C)o1. The number of carbonyl (C=O) groups excluding carboxylic acids is 1. The van der Waals surface area contributed by atoms with Gasteiger partial charge in [0.15, 0.2) is 12.3 Å². The van der Waals surface area contributed by atoms with E-state index in [0.717, 1.165) is 18.9 Å². The number of aryl methyl sites for hydroxylation is 2. The van der Waals surface area contributed by atoms with Crippen molar-refractivity contribution in [1.82, 2.24) is 4.98 Å². The van der Waals surface area contributed by atoms with Gasteiger partial charge in [0.05, 0.1) is 10.6 Å². The molecule has 132 valence electrons. The molecular formula is C17H15ClF3N2O2+. The van der Waals surface area contributed by atoms with E-state index >= 15 is 0 Å². The molecule has 0 atom stereocenters. The summed E-state index contributed by atoms with van der Waals surface area (Å²) in [6.07, 6.45) is -0.774. The van der Waals surface area contributed by atoms with Gasteiger partial charge in [-0.25, -0.2) is 9.78 Å². The lowest BCUT2D eigenvalue weighted by Crippen LogP contribution is -2.25. The van der Waals surface area contributed by atoms with Crippen LogP contribution in [0.3, 0.4) is 0 Å². The average Bonchev–Trinajstić information content (AvgIpc) is 3.29. The van der Waals surface area contributed by atoms with Crippen molar-refractivity contribution in [1.29, 1.82) is 0 Å². The molecule has 0 saturated heterocycles. The van der Waals surface area contributed by atoms with Gasteiger partial charge in [-0.15, -0.1) is 0 Å². The Morgan fingerprint density at radius 1 is 1.36 bits per heavy atom. The Hall–Kier alpha value is -2.15. The molecule has 2 heterocycles. The van der Waals surface area contributed by atoms with Crippen molar-refractivity contribution in [2.45, 2.75) is 38.9 Å². The third-order valence-corrected chi connectivity index (χ3v) is 4.21. The summed E-state index contributed by atoms with van der Waals surface area (Å²) in [5.74, 6) is 0.824. The first-order valence-electron chi connectivity index (χ1n) is 7.64. The van der Waals surface area contributed by atoms with Gasteiger partial charge in [-0.2, -0.15) is 17.7 Å². The lowest BCUT2D eigenvalue weighted by Gasteiger charge is -2.07. The molecule has 0 N–H and O–H groups in total. The lowest BCUT2D eigenvalue weighted by atomic mass is 10.2. The summed E-state index contributed by atoms with van der Waals surface area (Å²) in [5.41, 5.74) is -0.392. The number of carbonyl (C=O) groups is 1. The summed E-state index contributed by atoms with van der Waals surface area (Å²) in [4.78, 5) is 16.6. The number of nitrogens with zero attached hydrogens (tertiary/aromatic N) is 2. The molecule has 0 unspecified atom stereocenters. The summed E-state index contributed by atoms with van der Waals surface area (Å²) in [6, 6.07) is 2.44. The fraction of sp³-hybridized carbons (Fsp3) is 0.353. The normalized spacial score (nSPS) is 15.5. The highest BCUT2D eigenvalue weighted by Crippen LogP contribution is 2.31. The molecule has 2 aromatic heterocycles. The molecule has 0 aromatic carbocycles. The van der Waals surface area contributed by atoms with Gasteiger partial charge in [0.1, 0.15) is 22.8 Å². The van der Waals surface area contributed by atoms with Crippen molar-refractivity contribution in [2.24, 2.45) is 0 Å².